The van der Waals surface area contributed by atoms with E-state index in [4.69, 9.17) is 11.6 Å². The van der Waals surface area contributed by atoms with Gasteiger partial charge in [0.05, 0.1) is 24.0 Å². The van der Waals surface area contributed by atoms with E-state index in [0.29, 0.717) is 36.8 Å². The van der Waals surface area contributed by atoms with Gasteiger partial charge in [0, 0.05) is 36.4 Å². The summed E-state index contributed by atoms with van der Waals surface area (Å²) in [5, 5.41) is 0.554. The first kappa shape index (κ1) is 17.9. The average Bonchev–Trinajstić information content (AvgIpc) is 3.10. The smallest absolute Gasteiger partial charge is 0.253 e. The standard InChI is InChI=1S/C20H21ClN4O2/c1-23-12-18(26)25(17-6-3-8-22-11-17)14-20(23)7-9-24(13-20)19(27)15-4-2-5-16(21)10-15/h2-6,8,10-11H,7,9,12-14H2,1H3/t20-/m1/s1. The van der Waals surface area contributed by atoms with E-state index in [2.05, 4.69) is 9.88 Å². The quantitative estimate of drug-likeness (QED) is 0.797. The van der Waals surface area contributed by atoms with E-state index < -0.39 is 0 Å². The van der Waals surface area contributed by atoms with Crippen molar-refractivity contribution in [2.75, 3.05) is 38.1 Å². The van der Waals surface area contributed by atoms with Crippen molar-refractivity contribution in [3.8, 4) is 0 Å². The SMILES string of the molecule is CN1CC(=O)N(c2cccnc2)C[C@]12CCN(C(=O)c1cccc(Cl)c1)C2. The number of aromatic nitrogens is 1. The maximum absolute atomic E-state index is 12.9. The number of hydrogen-bond donors (Lipinski definition) is 0. The minimum Gasteiger partial charge on any atom is -0.337 e. The highest BCUT2D eigenvalue weighted by Gasteiger charge is 2.48. The number of carbonyl (C=O) groups is 2. The Morgan fingerprint density at radius 1 is 1.22 bits per heavy atom. The molecule has 3 heterocycles. The molecule has 1 spiro atoms. The summed E-state index contributed by atoms with van der Waals surface area (Å²) in [4.78, 5) is 35.4. The second-order valence-corrected chi connectivity index (χ2v) is 7.70. The molecule has 1 atom stereocenters. The molecule has 2 aliphatic rings. The van der Waals surface area contributed by atoms with Crippen LogP contribution in [-0.2, 0) is 4.79 Å². The summed E-state index contributed by atoms with van der Waals surface area (Å²) >= 11 is 6.03. The van der Waals surface area contributed by atoms with Crippen LogP contribution >= 0.6 is 11.6 Å². The molecule has 2 fully saturated rings. The van der Waals surface area contributed by atoms with Crippen LogP contribution in [0.15, 0.2) is 48.8 Å². The monoisotopic (exact) mass is 384 g/mol. The van der Waals surface area contributed by atoms with Gasteiger partial charge in [0.2, 0.25) is 5.91 Å². The van der Waals surface area contributed by atoms with Crippen molar-refractivity contribution in [3.63, 3.8) is 0 Å². The number of hydrogen-bond acceptors (Lipinski definition) is 4. The van der Waals surface area contributed by atoms with Crippen molar-refractivity contribution in [3.05, 3.63) is 59.4 Å². The number of amides is 2. The third-order valence-corrected chi connectivity index (χ3v) is 5.82. The van der Waals surface area contributed by atoms with E-state index in [1.54, 1.807) is 41.6 Å². The molecule has 0 unspecified atom stereocenters. The Balaban J connectivity index is 1.56. The first-order valence-electron chi connectivity index (χ1n) is 8.95. The number of rotatable bonds is 2. The van der Waals surface area contributed by atoms with Crippen molar-refractivity contribution in [2.45, 2.75) is 12.0 Å². The highest BCUT2D eigenvalue weighted by Crippen LogP contribution is 2.34. The van der Waals surface area contributed by atoms with Gasteiger partial charge in [0.1, 0.15) is 0 Å². The fraction of sp³-hybridized carbons (Fsp3) is 0.350. The van der Waals surface area contributed by atoms with Crippen molar-refractivity contribution < 1.29 is 9.59 Å². The number of benzene rings is 1. The first-order valence-corrected chi connectivity index (χ1v) is 9.33. The van der Waals surface area contributed by atoms with E-state index >= 15 is 0 Å². The molecule has 2 saturated heterocycles. The fourth-order valence-electron chi connectivity index (χ4n) is 3.98. The number of anilines is 1. The zero-order chi connectivity index (χ0) is 19.0. The third-order valence-electron chi connectivity index (χ3n) is 5.58. The van der Waals surface area contributed by atoms with Gasteiger partial charge in [-0.3, -0.25) is 19.5 Å². The number of likely N-dealkylation sites (tertiary alicyclic amines) is 1. The summed E-state index contributed by atoms with van der Waals surface area (Å²) in [5.41, 5.74) is 1.14. The minimum absolute atomic E-state index is 0.0207. The number of halogens is 1. The molecule has 140 valence electrons. The highest BCUT2D eigenvalue weighted by atomic mass is 35.5. The Morgan fingerprint density at radius 2 is 2.07 bits per heavy atom. The molecule has 0 radical (unpaired) electrons. The van der Waals surface area contributed by atoms with Gasteiger partial charge >= 0.3 is 0 Å². The second kappa shape index (κ2) is 6.94. The molecule has 0 saturated carbocycles. The van der Waals surface area contributed by atoms with E-state index in [1.165, 1.54) is 0 Å². The van der Waals surface area contributed by atoms with Crippen LogP contribution in [0.1, 0.15) is 16.8 Å². The minimum atomic E-state index is -0.252. The Kier molecular flexibility index (Phi) is 4.61. The zero-order valence-corrected chi connectivity index (χ0v) is 15.9. The van der Waals surface area contributed by atoms with E-state index in [9.17, 15) is 9.59 Å². The van der Waals surface area contributed by atoms with Crippen molar-refractivity contribution in [1.82, 2.24) is 14.8 Å². The molecule has 0 bridgehead atoms. The van der Waals surface area contributed by atoms with E-state index in [0.717, 1.165) is 12.1 Å². The number of likely N-dealkylation sites (N-methyl/N-ethyl adjacent to an activating group) is 1. The van der Waals surface area contributed by atoms with Gasteiger partial charge in [-0.2, -0.15) is 0 Å². The molecular formula is C20H21ClN4O2. The molecule has 2 amide bonds. The Labute approximate surface area is 163 Å². The third kappa shape index (κ3) is 3.31. The zero-order valence-electron chi connectivity index (χ0n) is 15.1. The maximum Gasteiger partial charge on any atom is 0.253 e. The number of carbonyl (C=O) groups excluding carboxylic acids is 2. The predicted octanol–water partition coefficient (Wildman–Crippen LogP) is 2.30. The fourth-order valence-corrected chi connectivity index (χ4v) is 4.17. The summed E-state index contributed by atoms with van der Waals surface area (Å²) in [6.07, 6.45) is 4.22. The normalized spacial score (nSPS) is 23.3. The first-order chi connectivity index (χ1) is 13.0. The molecule has 2 aromatic rings. The lowest BCUT2D eigenvalue weighted by atomic mass is 9.92. The van der Waals surface area contributed by atoms with Gasteiger partial charge < -0.3 is 9.80 Å². The van der Waals surface area contributed by atoms with Gasteiger partial charge in [0.15, 0.2) is 0 Å². The van der Waals surface area contributed by atoms with Crippen LogP contribution in [0.4, 0.5) is 5.69 Å². The van der Waals surface area contributed by atoms with Crippen LogP contribution in [0, 0.1) is 0 Å². The molecule has 0 aliphatic carbocycles. The topological polar surface area (TPSA) is 56.8 Å². The largest absolute Gasteiger partial charge is 0.337 e. The Hall–Kier alpha value is -2.44. The molecule has 1 aromatic heterocycles. The van der Waals surface area contributed by atoms with Crippen LogP contribution in [0.25, 0.3) is 0 Å². The van der Waals surface area contributed by atoms with Crippen molar-refractivity contribution >= 4 is 29.1 Å². The lowest BCUT2D eigenvalue weighted by Gasteiger charge is -2.46. The molecule has 6 nitrogen and oxygen atoms in total. The molecule has 2 aliphatic heterocycles. The number of nitrogens with zero attached hydrogens (tertiary/aromatic N) is 4. The summed E-state index contributed by atoms with van der Waals surface area (Å²) in [7, 11) is 1.96. The van der Waals surface area contributed by atoms with Gasteiger partial charge in [-0.15, -0.1) is 0 Å². The lowest BCUT2D eigenvalue weighted by molar-refractivity contribution is -0.123. The van der Waals surface area contributed by atoms with Crippen LogP contribution in [-0.4, -0.2) is 65.4 Å². The van der Waals surface area contributed by atoms with Gasteiger partial charge in [-0.05, 0) is 43.8 Å². The van der Waals surface area contributed by atoms with Crippen LogP contribution in [0.2, 0.25) is 5.02 Å². The molecule has 4 rings (SSSR count). The molecule has 0 N–H and O–H groups in total. The van der Waals surface area contributed by atoms with Crippen LogP contribution in [0.3, 0.4) is 0 Å². The van der Waals surface area contributed by atoms with E-state index in [1.807, 2.05) is 24.1 Å². The predicted molar refractivity (Wildman–Crippen MR) is 104 cm³/mol. The van der Waals surface area contributed by atoms with Gasteiger partial charge in [-0.1, -0.05) is 17.7 Å². The van der Waals surface area contributed by atoms with E-state index in [-0.39, 0.29) is 17.4 Å². The molecule has 7 heteroatoms. The van der Waals surface area contributed by atoms with Crippen LogP contribution in [0.5, 0.6) is 0 Å². The highest BCUT2D eigenvalue weighted by molar-refractivity contribution is 6.30. The van der Waals surface area contributed by atoms with Gasteiger partial charge in [0.25, 0.3) is 5.91 Å². The average molecular weight is 385 g/mol. The Morgan fingerprint density at radius 3 is 2.81 bits per heavy atom. The number of piperazine rings is 1. The second-order valence-electron chi connectivity index (χ2n) is 7.26. The Bertz CT molecular complexity index is 875. The van der Waals surface area contributed by atoms with Crippen molar-refractivity contribution in [2.24, 2.45) is 0 Å². The molecule has 1 aromatic carbocycles. The van der Waals surface area contributed by atoms with Crippen molar-refractivity contribution in [1.29, 1.82) is 0 Å². The summed E-state index contributed by atoms with van der Waals surface area (Å²) in [5.74, 6) is 0.0309. The molecule has 27 heavy (non-hydrogen) atoms. The maximum atomic E-state index is 12.9. The van der Waals surface area contributed by atoms with Gasteiger partial charge in [-0.25, -0.2) is 0 Å². The summed E-state index contributed by atoms with van der Waals surface area (Å²) in [6.45, 7) is 2.12. The number of pyridine rings is 1. The van der Waals surface area contributed by atoms with Crippen LogP contribution < -0.4 is 4.90 Å². The summed E-state index contributed by atoms with van der Waals surface area (Å²) in [6, 6.07) is 10.8. The molecular weight excluding hydrogens is 364 g/mol. The summed E-state index contributed by atoms with van der Waals surface area (Å²) < 4.78 is 0. The lowest BCUT2D eigenvalue weighted by Crippen LogP contribution is -2.64.